The van der Waals surface area contributed by atoms with Gasteiger partial charge in [-0.25, -0.2) is 0 Å². The zero-order chi connectivity index (χ0) is 12.8. The Morgan fingerprint density at radius 3 is 2.88 bits per heavy atom. The van der Waals surface area contributed by atoms with Crippen molar-refractivity contribution in [1.82, 2.24) is 10.2 Å². The Bertz CT molecular complexity index is 248. The van der Waals surface area contributed by atoms with Gasteiger partial charge in [0.2, 0.25) is 5.91 Å². The average Bonchev–Trinajstić information content (AvgIpc) is 2.34. The lowest BCUT2D eigenvalue weighted by atomic mass is 10.1. The summed E-state index contributed by atoms with van der Waals surface area (Å²) in [5.74, 6) is 0.0942. The largest absolute Gasteiger partial charge is 0.371 e. The Morgan fingerprint density at radius 1 is 1.59 bits per heavy atom. The number of carbonyl (C=O) groups excluding carboxylic acids is 1. The molecule has 0 saturated carbocycles. The zero-order valence-corrected chi connectivity index (χ0v) is 11.1. The van der Waals surface area contributed by atoms with E-state index in [1.807, 2.05) is 20.8 Å². The lowest BCUT2D eigenvalue weighted by molar-refractivity contribution is -0.132. The quantitative estimate of drug-likeness (QED) is 0.710. The molecule has 0 radical (unpaired) electrons. The molecule has 1 aliphatic rings. The lowest BCUT2D eigenvalue weighted by Crippen LogP contribution is -2.55. The summed E-state index contributed by atoms with van der Waals surface area (Å²) in [6.07, 6.45) is 1.14. The van der Waals surface area contributed by atoms with Crippen LogP contribution in [-0.2, 0) is 9.53 Å². The molecule has 1 fully saturated rings. The molecule has 17 heavy (non-hydrogen) atoms. The van der Waals surface area contributed by atoms with Crippen LogP contribution in [0.4, 0.5) is 0 Å². The summed E-state index contributed by atoms with van der Waals surface area (Å²) in [5.41, 5.74) is 5.63. The normalized spacial score (nSPS) is 27.8. The van der Waals surface area contributed by atoms with Crippen LogP contribution in [0.15, 0.2) is 0 Å². The van der Waals surface area contributed by atoms with Crippen molar-refractivity contribution in [2.24, 2.45) is 5.73 Å². The van der Waals surface area contributed by atoms with Crippen molar-refractivity contribution in [3.8, 4) is 0 Å². The number of nitrogens with one attached hydrogen (secondary N) is 1. The van der Waals surface area contributed by atoms with E-state index in [2.05, 4.69) is 10.2 Å². The second kappa shape index (κ2) is 6.93. The molecule has 0 bridgehead atoms. The molecule has 1 aliphatic heterocycles. The van der Waals surface area contributed by atoms with Crippen molar-refractivity contribution in [3.05, 3.63) is 0 Å². The minimum atomic E-state index is -0.109. The molecule has 1 saturated heterocycles. The van der Waals surface area contributed by atoms with Crippen molar-refractivity contribution >= 4 is 5.91 Å². The highest BCUT2D eigenvalue weighted by molar-refractivity contribution is 5.81. The fourth-order valence-corrected chi connectivity index (χ4v) is 2.09. The SMILES string of the molecule is CCCNC(=O)C(C)N1CC(C)OC(CN)C1. The number of nitrogens with two attached hydrogens (primary N) is 1. The van der Waals surface area contributed by atoms with E-state index >= 15 is 0 Å². The Kier molecular flexibility index (Phi) is 5.88. The Hall–Kier alpha value is -0.650. The fraction of sp³-hybridized carbons (Fsp3) is 0.917. The highest BCUT2D eigenvalue weighted by Gasteiger charge is 2.30. The first-order valence-electron chi connectivity index (χ1n) is 6.45. The molecular weight excluding hydrogens is 218 g/mol. The van der Waals surface area contributed by atoms with E-state index in [-0.39, 0.29) is 24.2 Å². The number of rotatable bonds is 5. The van der Waals surface area contributed by atoms with E-state index in [9.17, 15) is 4.79 Å². The molecule has 100 valence electrons. The summed E-state index contributed by atoms with van der Waals surface area (Å²) in [6.45, 7) is 8.78. The first kappa shape index (κ1) is 14.4. The Balaban J connectivity index is 2.49. The van der Waals surface area contributed by atoms with Crippen LogP contribution in [0.1, 0.15) is 27.2 Å². The monoisotopic (exact) mass is 243 g/mol. The Morgan fingerprint density at radius 2 is 2.29 bits per heavy atom. The molecule has 3 atom stereocenters. The number of ether oxygens (including phenoxy) is 1. The van der Waals surface area contributed by atoms with Crippen molar-refractivity contribution in [2.45, 2.75) is 45.4 Å². The van der Waals surface area contributed by atoms with Crippen LogP contribution >= 0.6 is 0 Å². The summed E-state index contributed by atoms with van der Waals surface area (Å²) < 4.78 is 5.68. The van der Waals surface area contributed by atoms with Crippen LogP contribution < -0.4 is 11.1 Å². The van der Waals surface area contributed by atoms with E-state index < -0.39 is 0 Å². The minimum Gasteiger partial charge on any atom is -0.371 e. The summed E-state index contributed by atoms with van der Waals surface area (Å²) in [5, 5.41) is 2.92. The standard InChI is InChI=1S/C12H25N3O2/c1-4-5-14-12(16)10(3)15-7-9(2)17-11(6-13)8-15/h9-11H,4-8,13H2,1-3H3,(H,14,16). The van der Waals surface area contributed by atoms with Gasteiger partial charge in [-0.2, -0.15) is 0 Å². The number of hydrogen-bond acceptors (Lipinski definition) is 4. The second-order valence-corrected chi connectivity index (χ2v) is 4.73. The molecule has 0 aromatic rings. The third-order valence-electron chi connectivity index (χ3n) is 3.09. The third-order valence-corrected chi connectivity index (χ3v) is 3.09. The molecule has 3 N–H and O–H groups in total. The summed E-state index contributed by atoms with van der Waals surface area (Å²) in [6, 6.07) is -0.109. The maximum absolute atomic E-state index is 11.9. The van der Waals surface area contributed by atoms with Crippen LogP contribution in [0.5, 0.6) is 0 Å². The van der Waals surface area contributed by atoms with Crippen LogP contribution in [-0.4, -0.2) is 55.2 Å². The van der Waals surface area contributed by atoms with Crippen LogP contribution in [0.25, 0.3) is 0 Å². The van der Waals surface area contributed by atoms with Gasteiger partial charge in [-0.05, 0) is 20.3 Å². The molecular formula is C12H25N3O2. The highest BCUT2D eigenvalue weighted by atomic mass is 16.5. The zero-order valence-electron chi connectivity index (χ0n) is 11.1. The van der Waals surface area contributed by atoms with Gasteiger partial charge in [-0.1, -0.05) is 6.92 Å². The van der Waals surface area contributed by atoms with Crippen LogP contribution in [0.2, 0.25) is 0 Å². The van der Waals surface area contributed by atoms with Crippen LogP contribution in [0, 0.1) is 0 Å². The number of hydrogen-bond donors (Lipinski definition) is 2. The van der Waals surface area contributed by atoms with Crippen molar-refractivity contribution in [2.75, 3.05) is 26.2 Å². The van der Waals surface area contributed by atoms with Gasteiger partial charge in [0.1, 0.15) is 0 Å². The maximum Gasteiger partial charge on any atom is 0.237 e. The molecule has 1 heterocycles. The van der Waals surface area contributed by atoms with Gasteiger partial charge >= 0.3 is 0 Å². The lowest BCUT2D eigenvalue weighted by Gasteiger charge is -2.39. The average molecular weight is 243 g/mol. The smallest absolute Gasteiger partial charge is 0.237 e. The molecule has 5 nitrogen and oxygen atoms in total. The molecule has 0 aliphatic carbocycles. The van der Waals surface area contributed by atoms with Crippen LogP contribution in [0.3, 0.4) is 0 Å². The predicted octanol–water partition coefficient (Wildman–Crippen LogP) is -0.0509. The van der Waals surface area contributed by atoms with E-state index in [0.717, 1.165) is 26.1 Å². The minimum absolute atomic E-state index is 0.0418. The summed E-state index contributed by atoms with van der Waals surface area (Å²) >= 11 is 0. The van der Waals surface area contributed by atoms with Gasteiger partial charge < -0.3 is 15.8 Å². The molecule has 1 rings (SSSR count). The number of morpholine rings is 1. The van der Waals surface area contributed by atoms with E-state index in [1.165, 1.54) is 0 Å². The molecule has 0 aromatic carbocycles. The molecule has 1 amide bonds. The van der Waals surface area contributed by atoms with E-state index in [1.54, 1.807) is 0 Å². The molecule has 0 spiro atoms. The van der Waals surface area contributed by atoms with Gasteiger partial charge in [0.05, 0.1) is 18.2 Å². The van der Waals surface area contributed by atoms with Gasteiger partial charge in [0, 0.05) is 26.2 Å². The molecule has 3 unspecified atom stereocenters. The molecule has 5 heteroatoms. The van der Waals surface area contributed by atoms with Gasteiger partial charge in [0.15, 0.2) is 0 Å². The predicted molar refractivity (Wildman–Crippen MR) is 67.7 cm³/mol. The summed E-state index contributed by atoms with van der Waals surface area (Å²) in [7, 11) is 0. The second-order valence-electron chi connectivity index (χ2n) is 4.73. The van der Waals surface area contributed by atoms with E-state index in [0.29, 0.717) is 6.54 Å². The van der Waals surface area contributed by atoms with Crippen molar-refractivity contribution in [1.29, 1.82) is 0 Å². The highest BCUT2D eigenvalue weighted by Crippen LogP contribution is 2.13. The summed E-state index contributed by atoms with van der Waals surface area (Å²) in [4.78, 5) is 14.0. The van der Waals surface area contributed by atoms with Gasteiger partial charge in [-0.15, -0.1) is 0 Å². The fourth-order valence-electron chi connectivity index (χ4n) is 2.09. The first-order chi connectivity index (χ1) is 8.08. The maximum atomic E-state index is 11.9. The number of carbonyl (C=O) groups is 1. The number of amides is 1. The first-order valence-corrected chi connectivity index (χ1v) is 6.45. The van der Waals surface area contributed by atoms with E-state index in [4.69, 9.17) is 10.5 Å². The van der Waals surface area contributed by atoms with Gasteiger partial charge in [0.25, 0.3) is 0 Å². The Labute approximate surface area is 104 Å². The van der Waals surface area contributed by atoms with Crippen molar-refractivity contribution < 1.29 is 9.53 Å². The third kappa shape index (κ3) is 4.26. The topological polar surface area (TPSA) is 67.6 Å². The van der Waals surface area contributed by atoms with Gasteiger partial charge in [-0.3, -0.25) is 9.69 Å². The number of nitrogens with zero attached hydrogens (tertiary/aromatic N) is 1. The van der Waals surface area contributed by atoms with Crippen molar-refractivity contribution in [3.63, 3.8) is 0 Å². The molecule has 0 aromatic heterocycles.